The van der Waals surface area contributed by atoms with Crippen molar-refractivity contribution in [3.05, 3.63) is 88.1 Å². The van der Waals surface area contributed by atoms with Crippen molar-refractivity contribution in [2.24, 2.45) is 0 Å². The molecule has 0 aliphatic rings. The van der Waals surface area contributed by atoms with Crippen LogP contribution in [0.4, 0.5) is 10.1 Å². The molecule has 1 heterocycles. The number of nitrogens with zero attached hydrogens (tertiary/aromatic N) is 2. The van der Waals surface area contributed by atoms with Gasteiger partial charge in [0.15, 0.2) is 5.16 Å². The maximum absolute atomic E-state index is 13.7. The third-order valence-electron chi connectivity index (χ3n) is 4.02. The van der Waals surface area contributed by atoms with Crippen molar-refractivity contribution in [3.63, 3.8) is 0 Å². The summed E-state index contributed by atoms with van der Waals surface area (Å²) in [4.78, 5) is 29.2. The first-order valence-electron chi connectivity index (χ1n) is 8.82. The fourth-order valence-electron chi connectivity index (χ4n) is 2.65. The molecule has 3 aromatic rings. The van der Waals surface area contributed by atoms with E-state index in [0.717, 1.165) is 12.2 Å². The summed E-state index contributed by atoms with van der Waals surface area (Å²) in [6.07, 6.45) is 0.816. The number of amides is 1. The number of thioether (sulfide) groups is 1. The number of para-hydroxylation sites is 1. The molecule has 0 unspecified atom stereocenters. The van der Waals surface area contributed by atoms with E-state index < -0.39 is 11.7 Å². The highest BCUT2D eigenvalue weighted by molar-refractivity contribution is 7.99. The maximum Gasteiger partial charge on any atom is 0.254 e. The van der Waals surface area contributed by atoms with Crippen molar-refractivity contribution >= 4 is 23.4 Å². The van der Waals surface area contributed by atoms with Gasteiger partial charge >= 0.3 is 0 Å². The van der Waals surface area contributed by atoms with E-state index in [-0.39, 0.29) is 17.8 Å². The van der Waals surface area contributed by atoms with Gasteiger partial charge < -0.3 is 5.32 Å². The number of anilines is 1. The highest BCUT2D eigenvalue weighted by Crippen LogP contribution is 2.17. The van der Waals surface area contributed by atoms with E-state index in [9.17, 15) is 14.0 Å². The van der Waals surface area contributed by atoms with Crippen LogP contribution in [0, 0.1) is 12.7 Å². The first-order valence-corrected chi connectivity index (χ1v) is 9.81. The zero-order chi connectivity index (χ0) is 19.9. The van der Waals surface area contributed by atoms with Crippen LogP contribution in [0.25, 0.3) is 0 Å². The van der Waals surface area contributed by atoms with Crippen LogP contribution in [0.3, 0.4) is 0 Å². The summed E-state index contributed by atoms with van der Waals surface area (Å²) in [6, 6.07) is 17.3. The van der Waals surface area contributed by atoms with E-state index in [1.807, 2.05) is 30.3 Å². The van der Waals surface area contributed by atoms with Crippen LogP contribution in [-0.2, 0) is 17.8 Å². The van der Waals surface area contributed by atoms with Gasteiger partial charge in [-0.05, 0) is 31.0 Å². The number of benzene rings is 2. The van der Waals surface area contributed by atoms with Crippen LogP contribution in [0.1, 0.15) is 11.3 Å². The second-order valence-electron chi connectivity index (χ2n) is 6.22. The van der Waals surface area contributed by atoms with Gasteiger partial charge in [-0.3, -0.25) is 14.2 Å². The molecular weight excluding hydrogens is 377 g/mol. The topological polar surface area (TPSA) is 64.0 Å². The van der Waals surface area contributed by atoms with E-state index in [1.54, 1.807) is 19.1 Å². The molecule has 144 valence electrons. The molecule has 0 fully saturated rings. The summed E-state index contributed by atoms with van der Waals surface area (Å²) in [6.45, 7) is 1.51. The molecule has 0 radical (unpaired) electrons. The number of carbonyl (C=O) groups excluding carboxylic acids is 1. The average molecular weight is 397 g/mol. The molecule has 1 amide bonds. The smallest absolute Gasteiger partial charge is 0.254 e. The van der Waals surface area contributed by atoms with Crippen LogP contribution >= 0.6 is 11.8 Å². The quantitative estimate of drug-likeness (QED) is 0.488. The Hall–Kier alpha value is -2.93. The first-order chi connectivity index (χ1) is 13.5. The number of rotatable bonds is 7. The molecule has 5 nitrogen and oxygen atoms in total. The molecule has 0 saturated carbocycles. The number of nitrogens with one attached hydrogen (secondary N) is 1. The number of hydrogen-bond donors (Lipinski definition) is 1. The summed E-state index contributed by atoms with van der Waals surface area (Å²) in [5, 5.41) is 2.98. The standard InChI is InChI=1S/C21H20FN3O2S/c1-15-13-20(27)25(14-19(26)24-18-10-6-5-9-17(18)22)21(23-15)28-12-11-16-7-3-2-4-8-16/h2-10,13H,11-12,14H2,1H3,(H,24,26). The van der Waals surface area contributed by atoms with E-state index in [1.165, 1.54) is 40.1 Å². The largest absolute Gasteiger partial charge is 0.322 e. The molecule has 1 aromatic heterocycles. The lowest BCUT2D eigenvalue weighted by Crippen LogP contribution is -2.29. The lowest BCUT2D eigenvalue weighted by Gasteiger charge is -2.12. The number of aryl methyl sites for hydroxylation is 2. The van der Waals surface area contributed by atoms with E-state index in [4.69, 9.17) is 0 Å². The summed E-state index contributed by atoms with van der Waals surface area (Å²) in [5.41, 5.74) is 1.56. The second-order valence-corrected chi connectivity index (χ2v) is 7.28. The van der Waals surface area contributed by atoms with Crippen molar-refractivity contribution in [1.82, 2.24) is 9.55 Å². The molecule has 2 aromatic carbocycles. The van der Waals surface area contributed by atoms with Crippen LogP contribution in [0.5, 0.6) is 0 Å². The molecule has 0 aliphatic heterocycles. The number of halogens is 1. The van der Waals surface area contributed by atoms with Gasteiger partial charge in [0.1, 0.15) is 12.4 Å². The van der Waals surface area contributed by atoms with Gasteiger partial charge in [-0.2, -0.15) is 0 Å². The summed E-state index contributed by atoms with van der Waals surface area (Å²) in [7, 11) is 0. The predicted octanol–water partition coefficient (Wildman–Crippen LogP) is 3.66. The Labute approximate surface area is 166 Å². The third kappa shape index (κ3) is 5.29. The maximum atomic E-state index is 13.7. The minimum atomic E-state index is -0.525. The number of carbonyl (C=O) groups is 1. The van der Waals surface area contributed by atoms with Crippen LogP contribution < -0.4 is 10.9 Å². The Bertz CT molecular complexity index is 1020. The Kier molecular flexibility index (Phi) is 6.60. The van der Waals surface area contributed by atoms with Crippen LogP contribution in [0.15, 0.2) is 70.6 Å². The van der Waals surface area contributed by atoms with Gasteiger partial charge in [-0.25, -0.2) is 9.37 Å². The Balaban J connectivity index is 1.72. The molecule has 0 saturated heterocycles. The molecular formula is C21H20FN3O2S. The Morgan fingerprint density at radius 3 is 2.61 bits per heavy atom. The van der Waals surface area contributed by atoms with Crippen molar-refractivity contribution < 1.29 is 9.18 Å². The fourth-order valence-corrected chi connectivity index (χ4v) is 3.69. The van der Waals surface area contributed by atoms with Crippen LogP contribution in [0.2, 0.25) is 0 Å². The van der Waals surface area contributed by atoms with E-state index in [0.29, 0.717) is 10.9 Å². The monoisotopic (exact) mass is 397 g/mol. The predicted molar refractivity (Wildman–Crippen MR) is 109 cm³/mol. The SMILES string of the molecule is Cc1cc(=O)n(CC(=O)Nc2ccccc2F)c(SCCc2ccccc2)n1. The highest BCUT2D eigenvalue weighted by Gasteiger charge is 2.13. The zero-order valence-corrected chi connectivity index (χ0v) is 16.2. The summed E-state index contributed by atoms with van der Waals surface area (Å²) in [5.74, 6) is -0.292. The van der Waals surface area contributed by atoms with E-state index >= 15 is 0 Å². The Morgan fingerprint density at radius 2 is 1.86 bits per heavy atom. The van der Waals surface area contributed by atoms with Gasteiger partial charge in [-0.15, -0.1) is 0 Å². The first kappa shape index (κ1) is 19.8. The summed E-state index contributed by atoms with van der Waals surface area (Å²) < 4.78 is 15.0. The molecule has 28 heavy (non-hydrogen) atoms. The molecule has 0 bridgehead atoms. The average Bonchev–Trinajstić information content (AvgIpc) is 2.67. The normalized spacial score (nSPS) is 10.6. The van der Waals surface area contributed by atoms with Gasteiger partial charge in [-0.1, -0.05) is 54.2 Å². The lowest BCUT2D eigenvalue weighted by atomic mass is 10.2. The molecule has 0 aliphatic carbocycles. The molecule has 7 heteroatoms. The molecule has 3 rings (SSSR count). The molecule has 0 atom stereocenters. The van der Waals surface area contributed by atoms with Gasteiger partial charge in [0, 0.05) is 17.5 Å². The van der Waals surface area contributed by atoms with Gasteiger partial charge in [0.2, 0.25) is 5.91 Å². The zero-order valence-electron chi connectivity index (χ0n) is 15.4. The molecule has 0 spiro atoms. The van der Waals surface area contributed by atoms with Crippen LogP contribution in [-0.4, -0.2) is 21.2 Å². The summed E-state index contributed by atoms with van der Waals surface area (Å²) >= 11 is 1.42. The minimum absolute atomic E-state index is 0.0823. The van der Waals surface area contributed by atoms with Crippen molar-refractivity contribution in [2.75, 3.05) is 11.1 Å². The van der Waals surface area contributed by atoms with Crippen molar-refractivity contribution in [2.45, 2.75) is 25.0 Å². The van der Waals surface area contributed by atoms with Gasteiger partial charge in [0.05, 0.1) is 5.69 Å². The van der Waals surface area contributed by atoms with Gasteiger partial charge in [0.25, 0.3) is 5.56 Å². The number of aromatic nitrogens is 2. The fraction of sp³-hybridized carbons (Fsp3) is 0.190. The van der Waals surface area contributed by atoms with Crippen molar-refractivity contribution in [3.8, 4) is 0 Å². The third-order valence-corrected chi connectivity index (χ3v) is 4.99. The lowest BCUT2D eigenvalue weighted by molar-refractivity contribution is -0.117. The minimum Gasteiger partial charge on any atom is -0.322 e. The Morgan fingerprint density at radius 1 is 1.14 bits per heavy atom. The van der Waals surface area contributed by atoms with Crippen molar-refractivity contribution in [1.29, 1.82) is 0 Å². The second kappa shape index (κ2) is 9.32. The number of hydrogen-bond acceptors (Lipinski definition) is 4. The highest BCUT2D eigenvalue weighted by atomic mass is 32.2. The van der Waals surface area contributed by atoms with E-state index in [2.05, 4.69) is 10.3 Å². The molecule has 1 N–H and O–H groups in total.